The number of aliphatic hydroxyl groups is 1. The Morgan fingerprint density at radius 3 is 1.16 bits per heavy atom. The monoisotopic (exact) mass is 1600 g/mol. The van der Waals surface area contributed by atoms with E-state index in [4.69, 9.17) is 79.8 Å². The number of carboxylic acid groups (broad SMARTS) is 1. The Balaban J connectivity index is 0.000000136. The molecule has 15 aromatic heterocycles. The van der Waals surface area contributed by atoms with Crippen LogP contribution in [-0.2, 0) is 77.7 Å². The minimum absolute atomic E-state index is 0.196. The molecule has 0 aliphatic heterocycles. The fourth-order valence-electron chi connectivity index (χ4n) is 13.6. The predicted octanol–water partition coefficient (Wildman–Crippen LogP) is 12.0. The molecule has 0 atom stereocenters. The molecular formula is C81H82Cl3N21O9. The van der Waals surface area contributed by atoms with Crippen LogP contribution in [-0.4, -0.2) is 132 Å². The van der Waals surface area contributed by atoms with Crippen LogP contribution >= 0.6 is 34.8 Å². The van der Waals surface area contributed by atoms with Crippen molar-refractivity contribution in [3.05, 3.63) is 266 Å². The fraction of sp³-hybridized carbons (Fsp3) is 0.309. The second-order valence-corrected chi connectivity index (χ2v) is 30.2. The number of aryl methyl sites for hydroxylation is 2. The number of rotatable bonds is 23. The van der Waals surface area contributed by atoms with Gasteiger partial charge in [-0.3, -0.25) is 23.6 Å². The number of carbonyl (C=O) groups is 3. The molecule has 0 radical (unpaired) electrons. The van der Waals surface area contributed by atoms with Crippen molar-refractivity contribution in [1.29, 1.82) is 0 Å². The minimum Gasteiger partial charge on any atom is -0.478 e. The molecule has 2 amide bonds. The van der Waals surface area contributed by atoms with Crippen LogP contribution in [0.2, 0.25) is 15.1 Å². The number of nitrogens with zero attached hydrogens (tertiary/aromatic N) is 18. The third-order valence-electron chi connectivity index (χ3n) is 19.3. The average molecular weight is 1600 g/mol. The van der Waals surface area contributed by atoms with Crippen LogP contribution in [0.3, 0.4) is 0 Å². The number of aromatic carboxylic acids is 1. The maximum Gasteiger partial charge on any atom is 0.373 e. The van der Waals surface area contributed by atoms with Crippen LogP contribution < -0.4 is 16.4 Å². The number of nitrogens with one attached hydrogen (secondary N) is 2. The third-order valence-corrected chi connectivity index (χ3v) is 20.0. The van der Waals surface area contributed by atoms with Crippen LogP contribution in [0, 0.1) is 0 Å². The second kappa shape index (κ2) is 35.6. The summed E-state index contributed by atoms with van der Waals surface area (Å²) >= 11 is 18.0. The number of hydrogen-bond donors (Lipinski definition) is 5. The number of carboxylic acids is 1. The van der Waals surface area contributed by atoms with E-state index in [2.05, 4.69) is 111 Å². The molecule has 586 valence electrons. The summed E-state index contributed by atoms with van der Waals surface area (Å²) in [6.07, 6.45) is 45.6. The van der Waals surface area contributed by atoms with E-state index in [1.807, 2.05) is 82.3 Å². The summed E-state index contributed by atoms with van der Waals surface area (Å²) in [5.74, 6) is 0.612. The average Bonchev–Trinajstić information content (AvgIpc) is 1.63. The molecule has 3 fully saturated rings. The molecule has 15 aromatic rings. The van der Waals surface area contributed by atoms with Crippen LogP contribution in [0.15, 0.2) is 167 Å². The predicted molar refractivity (Wildman–Crippen MR) is 421 cm³/mol. The summed E-state index contributed by atoms with van der Waals surface area (Å²) in [7, 11) is 0. The summed E-state index contributed by atoms with van der Waals surface area (Å²) < 4.78 is 17.1. The van der Waals surface area contributed by atoms with E-state index in [-0.39, 0.29) is 36.2 Å². The van der Waals surface area contributed by atoms with E-state index in [0.29, 0.717) is 83.1 Å². The van der Waals surface area contributed by atoms with Crippen molar-refractivity contribution >= 4 is 98.4 Å². The Bertz CT molecular complexity index is 6030. The lowest BCUT2D eigenvalue weighted by Gasteiger charge is -2.18. The van der Waals surface area contributed by atoms with Gasteiger partial charge in [0, 0.05) is 102 Å². The molecule has 114 heavy (non-hydrogen) atoms. The Kier molecular flexibility index (Phi) is 24.9. The van der Waals surface area contributed by atoms with Crippen molar-refractivity contribution in [3.8, 4) is 0 Å². The molecule has 0 bridgehead atoms. The number of fused-ring (bicyclic) bond motifs is 6. The number of hydrogen-bond acceptors (Lipinski definition) is 18. The zero-order valence-electron chi connectivity index (χ0n) is 62.9. The highest BCUT2D eigenvalue weighted by Gasteiger charge is 2.29. The molecular weight excluding hydrogens is 1520 g/mol. The van der Waals surface area contributed by atoms with Gasteiger partial charge in [-0.05, 0) is 153 Å². The molecule has 3 saturated carbocycles. The molecule has 0 saturated heterocycles. The second-order valence-electron chi connectivity index (χ2n) is 28.9. The third kappa shape index (κ3) is 20.0. The first-order valence-corrected chi connectivity index (χ1v) is 38.3. The van der Waals surface area contributed by atoms with Gasteiger partial charge >= 0.3 is 18.3 Å². The van der Waals surface area contributed by atoms with Crippen LogP contribution in [0.4, 0.5) is 0 Å². The number of imidazole rings is 6. The molecule has 6 N–H and O–H groups in total. The van der Waals surface area contributed by atoms with Gasteiger partial charge in [0.05, 0.1) is 143 Å². The van der Waals surface area contributed by atoms with Gasteiger partial charge in [0.15, 0.2) is 0 Å². The van der Waals surface area contributed by atoms with Gasteiger partial charge in [-0.2, -0.15) is 34.5 Å². The zero-order chi connectivity index (χ0) is 80.3. The number of amides is 2. The number of halogens is 3. The van der Waals surface area contributed by atoms with Gasteiger partial charge < -0.3 is 53.0 Å². The first kappa shape index (κ1) is 79.8. The van der Waals surface area contributed by atoms with Crippen LogP contribution in [0.1, 0.15) is 195 Å². The Labute approximate surface area is 667 Å². The highest BCUT2D eigenvalue weighted by atomic mass is 35.5. The molecule has 33 heteroatoms. The number of nitrogens with two attached hydrogens (primary N) is 1. The van der Waals surface area contributed by atoms with E-state index < -0.39 is 11.6 Å². The highest BCUT2D eigenvalue weighted by molar-refractivity contribution is 6.31. The Morgan fingerprint density at radius 2 is 0.825 bits per heavy atom. The zero-order valence-corrected chi connectivity index (χ0v) is 65.1. The summed E-state index contributed by atoms with van der Waals surface area (Å²) in [4.78, 5) is 96.3. The van der Waals surface area contributed by atoms with E-state index >= 15 is 0 Å². The quantitative estimate of drug-likeness (QED) is 0.0397. The van der Waals surface area contributed by atoms with Crippen molar-refractivity contribution in [3.63, 3.8) is 0 Å². The van der Waals surface area contributed by atoms with Gasteiger partial charge in [-0.15, -0.1) is 0 Å². The molecule has 3 aliphatic carbocycles. The van der Waals surface area contributed by atoms with Crippen LogP contribution in [0.5, 0.6) is 0 Å². The summed E-state index contributed by atoms with van der Waals surface area (Å²) in [6, 6.07) is 17.8. The SMILES string of the molecule is CC(C)(O)Cc1cc(C2CC2)cn2cc(Cn3cc(C(=O)NCc4ncn5ccc(Cl)cc45)cn3)nc12.CCCc1cc(C2CC2)cn2cc(Cn3cc(C(=O)NCc4ncn5ccc(Cl)cc45)cn3)nc12.CCCc1cc(C2CC2)cn2cc(Cn3cc(C(=O)O)cn3)nc12.NCc1ncn2ccc(Cl)cc12.O=C=O.O=C=O. The maximum atomic E-state index is 12.8. The number of aromatic nitrogens is 18. The smallest absolute Gasteiger partial charge is 0.373 e. The Morgan fingerprint density at radius 1 is 0.491 bits per heavy atom. The molecule has 30 nitrogen and oxygen atoms in total. The minimum atomic E-state index is -0.962. The lowest BCUT2D eigenvalue weighted by molar-refractivity contribution is -0.193. The molecule has 3 aliphatic rings. The first-order chi connectivity index (χ1) is 55.1. The van der Waals surface area contributed by atoms with Crippen molar-refractivity contribution in [1.82, 2.24) is 96.3 Å². The molecule has 15 heterocycles. The highest BCUT2D eigenvalue weighted by Crippen LogP contribution is 2.43. The van der Waals surface area contributed by atoms with Crippen molar-refractivity contribution < 1.29 is 43.8 Å². The lowest BCUT2D eigenvalue weighted by Crippen LogP contribution is -2.22. The van der Waals surface area contributed by atoms with Crippen LogP contribution in [0.25, 0.3) is 33.5 Å². The number of carbonyl (C=O) groups excluding carboxylic acids is 6. The molecule has 0 spiro atoms. The fourth-order valence-corrected chi connectivity index (χ4v) is 14.1. The van der Waals surface area contributed by atoms with Crippen molar-refractivity contribution in [2.45, 2.75) is 161 Å². The summed E-state index contributed by atoms with van der Waals surface area (Å²) in [5.41, 5.74) is 24.1. The van der Waals surface area contributed by atoms with Gasteiger partial charge in [0.2, 0.25) is 0 Å². The first-order valence-electron chi connectivity index (χ1n) is 37.2. The van der Waals surface area contributed by atoms with Gasteiger partial charge in [-0.25, -0.2) is 34.7 Å². The van der Waals surface area contributed by atoms with Gasteiger partial charge in [-0.1, -0.05) is 79.7 Å². The van der Waals surface area contributed by atoms with Crippen molar-refractivity contribution in [2.75, 3.05) is 0 Å². The molecule has 0 aromatic carbocycles. The number of pyridine rings is 6. The van der Waals surface area contributed by atoms with Gasteiger partial charge in [0.25, 0.3) is 11.8 Å². The van der Waals surface area contributed by atoms with E-state index in [9.17, 15) is 19.5 Å². The Hall–Kier alpha value is -12.3. The van der Waals surface area contributed by atoms with E-state index in [1.165, 1.54) is 78.7 Å². The lowest BCUT2D eigenvalue weighted by atomic mass is 9.98. The van der Waals surface area contributed by atoms with E-state index in [1.54, 1.807) is 69.9 Å². The summed E-state index contributed by atoms with van der Waals surface area (Å²) in [6.45, 7) is 10.4. The van der Waals surface area contributed by atoms with Gasteiger partial charge in [0.1, 0.15) is 16.9 Å². The molecule has 0 unspecified atom stereocenters. The topological polar surface area (TPSA) is 367 Å². The largest absolute Gasteiger partial charge is 0.478 e. The maximum absolute atomic E-state index is 12.8. The van der Waals surface area contributed by atoms with E-state index in [0.717, 1.165) is 98.9 Å². The normalized spacial score (nSPS) is 13.1. The standard InChI is InChI=1S/C27H28ClN7O2.C26H26ClN7O.C18H20N4O2.C8H8ClN3.2CO2/c1-27(2,37)9-18-7-19(17-3-4-17)12-34-14-22(32-25(18)34)15-35-13-20(10-31-35)26(36)29-11-23-24-8-21(28)5-6-33(24)16-30-23;1-2-3-18-8-19(17-4-5-17)12-33-14-22(31-25(18)33)15-34-13-20(10-30-34)26(35)28-11-23-24-9-21(27)6-7-32(24)16-29-23;1-2-3-13-6-14(12-4-5-12)8-21-10-16(20-17(13)21)11-22-9-15(7-19-22)18(23)24;9-6-1-2-12-5-11-7(4-10)8(12)3-6;2*2-1-3/h5-8,10,12-14,16-17,37H,3-4,9,11,15H2,1-2H3,(H,29,36);6-10,12-14,16-17H,2-5,11,15H2,1H3,(H,28,35);6-10,12H,2-5,11H2,1H3,(H,23,24);1-3,5H,4,10H2;;. The molecule has 18 rings (SSSR count). The summed E-state index contributed by atoms with van der Waals surface area (Å²) in [5, 5.41) is 40.1. The van der Waals surface area contributed by atoms with Crippen molar-refractivity contribution in [2.24, 2.45) is 5.73 Å².